The highest BCUT2D eigenvalue weighted by molar-refractivity contribution is 5.87. The second-order valence-electron chi connectivity index (χ2n) is 6.21. The molecule has 0 aromatic heterocycles. The van der Waals surface area contributed by atoms with Crippen LogP contribution in [0.25, 0.3) is 0 Å². The Labute approximate surface area is 140 Å². The zero-order valence-corrected chi connectivity index (χ0v) is 13.4. The van der Waals surface area contributed by atoms with Crippen molar-refractivity contribution in [3.63, 3.8) is 0 Å². The first-order valence-corrected chi connectivity index (χ1v) is 8.17. The molecule has 0 aliphatic carbocycles. The molecule has 1 aromatic rings. The van der Waals surface area contributed by atoms with E-state index >= 15 is 0 Å². The molecule has 0 saturated carbocycles. The summed E-state index contributed by atoms with van der Waals surface area (Å²) in [6, 6.07) is 6.44. The van der Waals surface area contributed by atoms with Crippen molar-refractivity contribution >= 4 is 17.9 Å². The normalized spacial score (nSPS) is 22.0. The van der Waals surface area contributed by atoms with Crippen LogP contribution in [-0.2, 0) is 16.0 Å². The Kier molecular flexibility index (Phi) is 5.32. The quantitative estimate of drug-likeness (QED) is 0.750. The number of carbonyl (C=O) groups is 2. The minimum absolute atomic E-state index is 0.0137. The molecule has 0 bridgehead atoms. The molecule has 6 nitrogen and oxygen atoms in total. The number of rotatable bonds is 6. The van der Waals surface area contributed by atoms with Crippen LogP contribution in [0, 0.1) is 11.7 Å². The molecule has 0 amide bonds. The van der Waals surface area contributed by atoms with Gasteiger partial charge in [0.1, 0.15) is 17.4 Å². The summed E-state index contributed by atoms with van der Waals surface area (Å²) in [7, 11) is 0. The van der Waals surface area contributed by atoms with Crippen molar-refractivity contribution < 1.29 is 14.0 Å². The van der Waals surface area contributed by atoms with E-state index in [2.05, 4.69) is 20.7 Å². The van der Waals surface area contributed by atoms with Crippen molar-refractivity contribution in [2.24, 2.45) is 10.9 Å². The maximum atomic E-state index is 13.7. The van der Waals surface area contributed by atoms with Crippen LogP contribution in [0.1, 0.15) is 18.4 Å². The Morgan fingerprint density at radius 3 is 2.75 bits per heavy atom. The topological polar surface area (TPSA) is 73.8 Å². The molecule has 0 spiro atoms. The van der Waals surface area contributed by atoms with Gasteiger partial charge in [-0.05, 0) is 37.6 Å². The molecule has 1 fully saturated rings. The molecular formula is C17H21FN4O2. The van der Waals surface area contributed by atoms with Crippen molar-refractivity contribution in [2.75, 3.05) is 19.6 Å². The van der Waals surface area contributed by atoms with E-state index in [4.69, 9.17) is 0 Å². The van der Waals surface area contributed by atoms with Crippen LogP contribution in [0.2, 0.25) is 0 Å². The average Bonchev–Trinajstić information content (AvgIpc) is 3.05. The Bertz CT molecular complexity index is 641. The van der Waals surface area contributed by atoms with E-state index in [9.17, 15) is 14.0 Å². The van der Waals surface area contributed by atoms with Gasteiger partial charge in [-0.1, -0.05) is 18.2 Å². The fourth-order valence-electron chi connectivity index (χ4n) is 3.13. The molecule has 128 valence electrons. The maximum absolute atomic E-state index is 13.7. The lowest BCUT2D eigenvalue weighted by Crippen LogP contribution is -2.44. The number of likely N-dealkylation sites (tertiary alicyclic amines) is 1. The summed E-state index contributed by atoms with van der Waals surface area (Å²) in [4.78, 5) is 29.4. The van der Waals surface area contributed by atoms with Gasteiger partial charge in [0.15, 0.2) is 12.5 Å². The summed E-state index contributed by atoms with van der Waals surface area (Å²) in [6.07, 6.45) is 1.93. The first-order chi connectivity index (χ1) is 11.7. The molecule has 1 atom stereocenters. The van der Waals surface area contributed by atoms with Crippen LogP contribution in [0.4, 0.5) is 4.39 Å². The summed E-state index contributed by atoms with van der Waals surface area (Å²) in [5.41, 5.74) is 6.14. The standard InChI is InChI=1S/C17H21FN4O2/c18-14-4-2-1-3-13(14)9-15(24)12-5-7-22(8-6-12)10-16-19-17(11-23)21-20-16/h1-4,11-12,17,21H,5-10H2,(H,19,20). The van der Waals surface area contributed by atoms with Gasteiger partial charge in [0, 0.05) is 12.3 Å². The number of aliphatic imine (C=N–C) groups is 1. The second-order valence-corrected chi connectivity index (χ2v) is 6.21. The van der Waals surface area contributed by atoms with E-state index < -0.39 is 6.17 Å². The molecule has 2 aliphatic rings. The minimum Gasteiger partial charge on any atom is -0.306 e. The Morgan fingerprint density at radius 2 is 2.08 bits per heavy atom. The van der Waals surface area contributed by atoms with Gasteiger partial charge in [0.2, 0.25) is 0 Å². The highest BCUT2D eigenvalue weighted by Gasteiger charge is 2.27. The van der Waals surface area contributed by atoms with Gasteiger partial charge in [0.25, 0.3) is 0 Å². The number of benzene rings is 1. The van der Waals surface area contributed by atoms with Gasteiger partial charge in [-0.3, -0.25) is 14.5 Å². The van der Waals surface area contributed by atoms with Gasteiger partial charge in [-0.2, -0.15) is 0 Å². The maximum Gasteiger partial charge on any atom is 0.174 e. The minimum atomic E-state index is -0.514. The van der Waals surface area contributed by atoms with Crippen LogP contribution in [-0.4, -0.2) is 48.6 Å². The first-order valence-electron chi connectivity index (χ1n) is 8.17. The number of hydrazine groups is 1. The van der Waals surface area contributed by atoms with E-state index in [1.807, 2.05) is 0 Å². The number of aldehydes is 1. The molecule has 2 heterocycles. The molecule has 2 N–H and O–H groups in total. The lowest BCUT2D eigenvalue weighted by atomic mass is 9.89. The van der Waals surface area contributed by atoms with Gasteiger partial charge >= 0.3 is 0 Å². The number of piperidine rings is 1. The van der Waals surface area contributed by atoms with Crippen LogP contribution in [0.15, 0.2) is 29.3 Å². The predicted octanol–water partition coefficient (Wildman–Crippen LogP) is 0.681. The molecule has 1 aromatic carbocycles. The van der Waals surface area contributed by atoms with E-state index in [1.54, 1.807) is 18.2 Å². The van der Waals surface area contributed by atoms with Gasteiger partial charge in [-0.15, -0.1) is 0 Å². The van der Waals surface area contributed by atoms with E-state index in [1.165, 1.54) is 6.07 Å². The molecular weight excluding hydrogens is 311 g/mol. The number of hydrogen-bond donors (Lipinski definition) is 2. The summed E-state index contributed by atoms with van der Waals surface area (Å²) in [6.45, 7) is 2.21. The second kappa shape index (κ2) is 7.63. The Balaban J connectivity index is 1.47. The van der Waals surface area contributed by atoms with E-state index in [-0.39, 0.29) is 23.9 Å². The van der Waals surface area contributed by atoms with Gasteiger partial charge in [0.05, 0.1) is 6.54 Å². The van der Waals surface area contributed by atoms with E-state index in [0.29, 0.717) is 12.1 Å². The van der Waals surface area contributed by atoms with Gasteiger partial charge in [-0.25, -0.2) is 14.8 Å². The molecule has 2 aliphatic heterocycles. The van der Waals surface area contributed by atoms with Gasteiger partial charge < -0.3 is 5.43 Å². The molecule has 3 rings (SSSR count). The smallest absolute Gasteiger partial charge is 0.174 e. The van der Waals surface area contributed by atoms with Crippen LogP contribution >= 0.6 is 0 Å². The lowest BCUT2D eigenvalue weighted by Gasteiger charge is -2.31. The summed E-state index contributed by atoms with van der Waals surface area (Å²) in [5.74, 6) is 0.521. The summed E-state index contributed by atoms with van der Waals surface area (Å²) >= 11 is 0. The average molecular weight is 332 g/mol. The molecule has 1 saturated heterocycles. The van der Waals surface area contributed by atoms with Crippen molar-refractivity contribution in [3.05, 3.63) is 35.6 Å². The zero-order chi connectivity index (χ0) is 16.9. The van der Waals surface area contributed by atoms with Crippen molar-refractivity contribution in [1.29, 1.82) is 0 Å². The van der Waals surface area contributed by atoms with Crippen LogP contribution < -0.4 is 10.9 Å². The van der Waals surface area contributed by atoms with E-state index in [0.717, 1.165) is 38.1 Å². The third kappa shape index (κ3) is 4.04. The third-order valence-electron chi connectivity index (χ3n) is 4.53. The monoisotopic (exact) mass is 332 g/mol. The van der Waals surface area contributed by atoms with Crippen LogP contribution in [0.3, 0.4) is 0 Å². The predicted molar refractivity (Wildman–Crippen MR) is 87.8 cm³/mol. The van der Waals surface area contributed by atoms with Crippen molar-refractivity contribution in [1.82, 2.24) is 15.8 Å². The number of halogens is 1. The number of carbonyl (C=O) groups excluding carboxylic acids is 2. The SMILES string of the molecule is O=CC1N=C(CN2CCC(C(=O)Cc3ccccc3F)CC2)NN1. The fraction of sp³-hybridized carbons (Fsp3) is 0.471. The number of amidine groups is 1. The third-order valence-corrected chi connectivity index (χ3v) is 4.53. The largest absolute Gasteiger partial charge is 0.306 e. The molecule has 7 heteroatoms. The molecule has 24 heavy (non-hydrogen) atoms. The fourth-order valence-corrected chi connectivity index (χ4v) is 3.13. The molecule has 0 radical (unpaired) electrons. The Morgan fingerprint density at radius 1 is 1.33 bits per heavy atom. The number of hydrogen-bond acceptors (Lipinski definition) is 6. The van der Waals surface area contributed by atoms with Crippen molar-refractivity contribution in [2.45, 2.75) is 25.4 Å². The number of Topliss-reactive ketones (excluding diaryl/α,β-unsaturated/α-hetero) is 1. The Hall–Kier alpha value is -2.12. The highest BCUT2D eigenvalue weighted by Crippen LogP contribution is 2.20. The number of nitrogens with one attached hydrogen (secondary N) is 2. The first kappa shape index (κ1) is 16.7. The summed E-state index contributed by atoms with van der Waals surface area (Å²) < 4.78 is 13.7. The lowest BCUT2D eigenvalue weighted by molar-refractivity contribution is -0.123. The number of ketones is 1. The highest BCUT2D eigenvalue weighted by atomic mass is 19.1. The van der Waals surface area contributed by atoms with Crippen molar-refractivity contribution in [3.8, 4) is 0 Å². The number of nitrogens with zero attached hydrogens (tertiary/aromatic N) is 2. The zero-order valence-electron chi connectivity index (χ0n) is 13.4. The molecule has 1 unspecified atom stereocenters. The summed E-state index contributed by atoms with van der Waals surface area (Å²) in [5, 5.41) is 0. The van der Waals surface area contributed by atoms with Crippen LogP contribution in [0.5, 0.6) is 0 Å².